The molecular formula is C13H22BrN3O. The van der Waals surface area contributed by atoms with E-state index in [9.17, 15) is 0 Å². The molecule has 1 atom stereocenters. The van der Waals surface area contributed by atoms with Gasteiger partial charge in [-0.2, -0.15) is 5.10 Å². The fourth-order valence-electron chi connectivity index (χ4n) is 3.07. The highest BCUT2D eigenvalue weighted by atomic mass is 79.9. The fraction of sp³-hybridized carbons (Fsp3) is 0.769. The van der Waals surface area contributed by atoms with Crippen molar-refractivity contribution in [3.05, 3.63) is 16.4 Å². The van der Waals surface area contributed by atoms with Crippen molar-refractivity contribution in [3.63, 3.8) is 0 Å². The van der Waals surface area contributed by atoms with Gasteiger partial charge in [0, 0.05) is 14.2 Å². The van der Waals surface area contributed by atoms with E-state index < -0.39 is 0 Å². The first-order valence-electron chi connectivity index (χ1n) is 6.60. The molecule has 102 valence electrons. The molecule has 4 nitrogen and oxygen atoms in total. The van der Waals surface area contributed by atoms with Crippen LogP contribution in [-0.2, 0) is 11.8 Å². The smallest absolute Gasteiger partial charge is 0.0888 e. The first kappa shape index (κ1) is 14.0. The molecule has 0 amide bonds. The molecule has 0 radical (unpaired) electrons. The second kappa shape index (κ2) is 5.72. The molecule has 0 aliphatic heterocycles. The second-order valence-electron chi connectivity index (χ2n) is 4.97. The Morgan fingerprint density at radius 3 is 2.67 bits per heavy atom. The third-order valence-corrected chi connectivity index (χ3v) is 4.61. The minimum atomic E-state index is -0.0909. The van der Waals surface area contributed by atoms with E-state index in [0.29, 0.717) is 0 Å². The van der Waals surface area contributed by atoms with Crippen molar-refractivity contribution in [2.24, 2.45) is 7.05 Å². The Morgan fingerprint density at radius 2 is 2.22 bits per heavy atom. The Bertz CT molecular complexity index is 379. The van der Waals surface area contributed by atoms with E-state index in [4.69, 9.17) is 4.74 Å². The van der Waals surface area contributed by atoms with E-state index in [0.717, 1.165) is 23.9 Å². The van der Waals surface area contributed by atoms with Gasteiger partial charge in [-0.15, -0.1) is 0 Å². The molecule has 5 heteroatoms. The first-order valence-corrected chi connectivity index (χ1v) is 7.40. The van der Waals surface area contributed by atoms with Gasteiger partial charge in [-0.1, -0.05) is 19.8 Å². The second-order valence-corrected chi connectivity index (χ2v) is 5.82. The summed E-state index contributed by atoms with van der Waals surface area (Å²) in [5.41, 5.74) is 1.09. The monoisotopic (exact) mass is 315 g/mol. The summed E-state index contributed by atoms with van der Waals surface area (Å²) < 4.78 is 8.92. The van der Waals surface area contributed by atoms with E-state index >= 15 is 0 Å². The molecule has 0 aromatic carbocycles. The number of halogens is 1. The quantitative estimate of drug-likeness (QED) is 0.908. The zero-order chi connectivity index (χ0) is 13.2. The molecule has 2 rings (SSSR count). The number of ether oxygens (including phenoxy) is 1. The Morgan fingerprint density at radius 1 is 1.56 bits per heavy atom. The molecule has 18 heavy (non-hydrogen) atoms. The summed E-state index contributed by atoms with van der Waals surface area (Å²) in [6.07, 6.45) is 6.56. The zero-order valence-electron chi connectivity index (χ0n) is 11.4. The molecule has 1 aliphatic carbocycles. The number of hydrogen-bond acceptors (Lipinski definition) is 3. The van der Waals surface area contributed by atoms with Crippen LogP contribution in [0.5, 0.6) is 0 Å². The zero-order valence-corrected chi connectivity index (χ0v) is 13.0. The molecule has 1 aromatic rings. The van der Waals surface area contributed by atoms with Crippen molar-refractivity contribution >= 4 is 15.9 Å². The topological polar surface area (TPSA) is 39.1 Å². The number of likely N-dealkylation sites (N-methyl/N-ethyl adjacent to an activating group) is 1. The van der Waals surface area contributed by atoms with Gasteiger partial charge >= 0.3 is 0 Å². The van der Waals surface area contributed by atoms with Gasteiger partial charge in [-0.25, -0.2) is 0 Å². The van der Waals surface area contributed by atoms with Crippen LogP contribution in [0.4, 0.5) is 0 Å². The predicted octanol–water partition coefficient (Wildman–Crippen LogP) is 2.79. The summed E-state index contributed by atoms with van der Waals surface area (Å²) in [5, 5.41) is 7.91. The lowest BCUT2D eigenvalue weighted by atomic mass is 9.89. The standard InChI is InChI=1S/C13H22BrN3O/c1-4-15-12(11-10(14)9-16-17(11)2)13(18-3)7-5-6-8-13/h9,12,15H,4-8H2,1-3H3. The van der Waals surface area contributed by atoms with Gasteiger partial charge in [0.1, 0.15) is 0 Å². The predicted molar refractivity (Wildman–Crippen MR) is 75.5 cm³/mol. The van der Waals surface area contributed by atoms with Crippen LogP contribution in [0.1, 0.15) is 44.3 Å². The van der Waals surface area contributed by atoms with Crippen LogP contribution in [0.15, 0.2) is 10.7 Å². The maximum absolute atomic E-state index is 5.92. The van der Waals surface area contributed by atoms with Crippen LogP contribution >= 0.6 is 15.9 Å². The van der Waals surface area contributed by atoms with Crippen molar-refractivity contribution in [2.45, 2.75) is 44.2 Å². The highest BCUT2D eigenvalue weighted by Gasteiger charge is 2.44. The van der Waals surface area contributed by atoms with E-state index in [2.05, 4.69) is 33.3 Å². The van der Waals surface area contributed by atoms with Crippen molar-refractivity contribution in [1.82, 2.24) is 15.1 Å². The molecule has 1 aliphatic rings. The first-order chi connectivity index (χ1) is 8.64. The lowest BCUT2D eigenvalue weighted by molar-refractivity contribution is -0.0386. The highest BCUT2D eigenvalue weighted by Crippen LogP contribution is 2.43. The van der Waals surface area contributed by atoms with Crippen LogP contribution in [0.25, 0.3) is 0 Å². The van der Waals surface area contributed by atoms with Crippen molar-refractivity contribution in [1.29, 1.82) is 0 Å². The molecule has 1 aromatic heterocycles. The third kappa shape index (κ3) is 2.36. The minimum Gasteiger partial charge on any atom is -0.376 e. The molecule has 0 spiro atoms. The van der Waals surface area contributed by atoms with E-state index in [1.807, 2.05) is 25.0 Å². The van der Waals surface area contributed by atoms with E-state index in [1.54, 1.807) is 0 Å². The molecular weight excluding hydrogens is 294 g/mol. The summed E-state index contributed by atoms with van der Waals surface area (Å²) in [5.74, 6) is 0. The maximum atomic E-state index is 5.92. The number of nitrogens with one attached hydrogen (secondary N) is 1. The van der Waals surface area contributed by atoms with Crippen molar-refractivity contribution in [3.8, 4) is 0 Å². The van der Waals surface area contributed by atoms with Crippen LogP contribution in [0.2, 0.25) is 0 Å². The number of aryl methyl sites for hydroxylation is 1. The number of hydrogen-bond donors (Lipinski definition) is 1. The number of rotatable bonds is 5. The Hall–Kier alpha value is -0.390. The molecule has 1 saturated carbocycles. The summed E-state index contributed by atoms with van der Waals surface area (Å²) in [6, 6.07) is 0.192. The summed E-state index contributed by atoms with van der Waals surface area (Å²) in [6.45, 7) is 3.06. The van der Waals surface area contributed by atoms with Gasteiger partial charge in [-0.05, 0) is 35.3 Å². The summed E-state index contributed by atoms with van der Waals surface area (Å²) in [7, 11) is 3.82. The molecule has 1 fully saturated rings. The van der Waals surface area contributed by atoms with Crippen LogP contribution in [0.3, 0.4) is 0 Å². The van der Waals surface area contributed by atoms with Gasteiger partial charge in [0.05, 0.1) is 28.0 Å². The molecule has 1 N–H and O–H groups in total. The van der Waals surface area contributed by atoms with Crippen molar-refractivity contribution in [2.75, 3.05) is 13.7 Å². The highest BCUT2D eigenvalue weighted by molar-refractivity contribution is 9.10. The average molecular weight is 316 g/mol. The van der Waals surface area contributed by atoms with E-state index in [1.165, 1.54) is 18.5 Å². The van der Waals surface area contributed by atoms with Gasteiger partial charge in [0.15, 0.2) is 0 Å². The van der Waals surface area contributed by atoms with Gasteiger partial charge < -0.3 is 10.1 Å². The van der Waals surface area contributed by atoms with Gasteiger partial charge in [0.2, 0.25) is 0 Å². The van der Waals surface area contributed by atoms with E-state index in [-0.39, 0.29) is 11.6 Å². The van der Waals surface area contributed by atoms with Gasteiger partial charge in [-0.3, -0.25) is 4.68 Å². The Labute approximate surface area is 117 Å². The largest absolute Gasteiger partial charge is 0.376 e. The molecule has 0 bridgehead atoms. The number of methoxy groups -OCH3 is 1. The lowest BCUT2D eigenvalue weighted by Gasteiger charge is -2.37. The third-order valence-electron chi connectivity index (χ3n) is 4.00. The molecule has 1 heterocycles. The molecule has 1 unspecified atom stereocenters. The average Bonchev–Trinajstić information content (AvgIpc) is 2.96. The molecule has 0 saturated heterocycles. The van der Waals surface area contributed by atoms with Crippen LogP contribution < -0.4 is 5.32 Å². The Balaban J connectivity index is 2.39. The normalized spacial score (nSPS) is 20.2. The minimum absolute atomic E-state index is 0.0909. The van der Waals surface area contributed by atoms with Crippen molar-refractivity contribution < 1.29 is 4.74 Å². The fourth-order valence-corrected chi connectivity index (χ4v) is 3.64. The number of nitrogens with zero attached hydrogens (tertiary/aromatic N) is 2. The summed E-state index contributed by atoms with van der Waals surface area (Å²) in [4.78, 5) is 0. The lowest BCUT2D eigenvalue weighted by Crippen LogP contribution is -2.44. The van der Waals surface area contributed by atoms with Gasteiger partial charge in [0.25, 0.3) is 0 Å². The number of aromatic nitrogens is 2. The maximum Gasteiger partial charge on any atom is 0.0888 e. The Kier molecular flexibility index (Phi) is 4.45. The van der Waals surface area contributed by atoms with Crippen LogP contribution in [0, 0.1) is 0 Å². The SMILES string of the molecule is CCNC(c1c(Br)cnn1C)C1(OC)CCCC1. The summed E-state index contributed by atoms with van der Waals surface area (Å²) >= 11 is 3.61. The van der Waals surface area contributed by atoms with Crippen LogP contribution in [-0.4, -0.2) is 29.0 Å².